The number of ether oxygens (including phenoxy) is 1. The Kier molecular flexibility index (Phi) is 4.81. The summed E-state index contributed by atoms with van der Waals surface area (Å²) >= 11 is 0. The van der Waals surface area contributed by atoms with Crippen molar-refractivity contribution in [3.63, 3.8) is 0 Å². The van der Waals surface area contributed by atoms with E-state index in [1.54, 1.807) is 6.07 Å². The van der Waals surface area contributed by atoms with Crippen LogP contribution in [0.25, 0.3) is 0 Å². The van der Waals surface area contributed by atoms with Crippen LogP contribution in [-0.2, 0) is 0 Å². The Hall–Kier alpha value is -1.23. The van der Waals surface area contributed by atoms with Gasteiger partial charge in [-0.1, -0.05) is 25.5 Å². The molecule has 0 aromatic heterocycles. The standard InChI is InChI=1S/C12H15F3O2/c1-2-3-7-17-10-6-4-5-9(8-10)11(16)12(13,14)15/h4-6,8,11,16H,2-3,7H2,1H3. The second-order valence-corrected chi connectivity index (χ2v) is 3.72. The molecule has 1 aromatic rings. The van der Waals surface area contributed by atoms with Crippen LogP contribution >= 0.6 is 0 Å². The maximum atomic E-state index is 12.3. The third-order valence-corrected chi connectivity index (χ3v) is 2.25. The van der Waals surface area contributed by atoms with Crippen LogP contribution in [0.5, 0.6) is 5.75 Å². The van der Waals surface area contributed by atoms with Gasteiger partial charge in [-0.3, -0.25) is 0 Å². The van der Waals surface area contributed by atoms with Crippen LogP contribution in [0.15, 0.2) is 24.3 Å². The van der Waals surface area contributed by atoms with E-state index in [9.17, 15) is 13.2 Å². The van der Waals surface area contributed by atoms with Gasteiger partial charge in [-0.25, -0.2) is 0 Å². The summed E-state index contributed by atoms with van der Waals surface area (Å²) in [6, 6.07) is 5.45. The van der Waals surface area contributed by atoms with E-state index in [0.717, 1.165) is 12.8 Å². The monoisotopic (exact) mass is 248 g/mol. The number of rotatable bonds is 5. The van der Waals surface area contributed by atoms with Crippen LogP contribution in [0.1, 0.15) is 31.4 Å². The molecule has 1 atom stereocenters. The van der Waals surface area contributed by atoms with Crippen molar-refractivity contribution in [1.29, 1.82) is 0 Å². The summed E-state index contributed by atoms with van der Waals surface area (Å²) in [6.45, 7) is 2.45. The van der Waals surface area contributed by atoms with Gasteiger partial charge < -0.3 is 9.84 Å². The molecule has 0 saturated heterocycles. The zero-order chi connectivity index (χ0) is 12.9. The lowest BCUT2D eigenvalue weighted by molar-refractivity contribution is -0.206. The van der Waals surface area contributed by atoms with Crippen LogP contribution in [0.3, 0.4) is 0 Å². The van der Waals surface area contributed by atoms with E-state index in [4.69, 9.17) is 9.84 Å². The van der Waals surface area contributed by atoms with E-state index in [2.05, 4.69) is 0 Å². The minimum absolute atomic E-state index is 0.202. The Morgan fingerprint density at radius 3 is 2.65 bits per heavy atom. The second kappa shape index (κ2) is 5.91. The first-order valence-corrected chi connectivity index (χ1v) is 5.42. The lowest BCUT2D eigenvalue weighted by Crippen LogP contribution is -2.20. The van der Waals surface area contributed by atoms with E-state index in [1.165, 1.54) is 18.2 Å². The molecule has 0 spiro atoms. The molecule has 1 rings (SSSR count). The Balaban J connectivity index is 2.72. The number of hydrogen-bond acceptors (Lipinski definition) is 2. The van der Waals surface area contributed by atoms with Gasteiger partial charge >= 0.3 is 6.18 Å². The van der Waals surface area contributed by atoms with Crippen molar-refractivity contribution in [3.05, 3.63) is 29.8 Å². The Morgan fingerprint density at radius 1 is 1.35 bits per heavy atom. The average Bonchev–Trinajstić information content (AvgIpc) is 2.28. The summed E-state index contributed by atoms with van der Waals surface area (Å²) in [6.07, 6.45) is -5.32. The number of hydrogen-bond donors (Lipinski definition) is 1. The molecule has 0 radical (unpaired) electrons. The van der Waals surface area contributed by atoms with Gasteiger partial charge in [0.15, 0.2) is 6.10 Å². The average molecular weight is 248 g/mol. The predicted octanol–water partition coefficient (Wildman–Crippen LogP) is 3.46. The Labute approximate surface area is 98.0 Å². The van der Waals surface area contributed by atoms with Crippen LogP contribution in [0.2, 0.25) is 0 Å². The van der Waals surface area contributed by atoms with Gasteiger partial charge in [-0.15, -0.1) is 0 Å². The van der Waals surface area contributed by atoms with Crippen molar-refractivity contribution < 1.29 is 23.0 Å². The number of halogens is 3. The molecule has 1 unspecified atom stereocenters. The third-order valence-electron chi connectivity index (χ3n) is 2.25. The van der Waals surface area contributed by atoms with E-state index in [0.29, 0.717) is 12.4 Å². The minimum atomic E-state index is -4.65. The quantitative estimate of drug-likeness (QED) is 0.808. The Bertz CT molecular complexity index is 350. The van der Waals surface area contributed by atoms with Crippen molar-refractivity contribution in [3.8, 4) is 5.75 Å². The third kappa shape index (κ3) is 4.26. The highest BCUT2D eigenvalue weighted by Gasteiger charge is 2.39. The number of alkyl halides is 3. The Morgan fingerprint density at radius 2 is 2.06 bits per heavy atom. The fourth-order valence-corrected chi connectivity index (χ4v) is 1.30. The van der Waals surface area contributed by atoms with Crippen LogP contribution in [-0.4, -0.2) is 17.9 Å². The van der Waals surface area contributed by atoms with E-state index in [1.807, 2.05) is 6.92 Å². The normalized spacial score (nSPS) is 13.5. The fraction of sp³-hybridized carbons (Fsp3) is 0.500. The number of unbranched alkanes of at least 4 members (excludes halogenated alkanes) is 1. The smallest absolute Gasteiger partial charge is 0.418 e. The molecule has 96 valence electrons. The molecule has 0 bridgehead atoms. The molecular weight excluding hydrogens is 233 g/mol. The van der Waals surface area contributed by atoms with Crippen molar-refractivity contribution in [2.24, 2.45) is 0 Å². The maximum Gasteiger partial charge on any atom is 0.418 e. The zero-order valence-electron chi connectivity index (χ0n) is 9.50. The summed E-state index contributed by atoms with van der Waals surface area (Å²) in [7, 11) is 0. The van der Waals surface area contributed by atoms with Crippen LogP contribution in [0, 0.1) is 0 Å². The molecule has 1 aromatic carbocycles. The van der Waals surface area contributed by atoms with Crippen LogP contribution in [0.4, 0.5) is 13.2 Å². The summed E-state index contributed by atoms with van der Waals surface area (Å²) in [4.78, 5) is 0. The lowest BCUT2D eigenvalue weighted by atomic mass is 10.1. The molecule has 1 N–H and O–H groups in total. The van der Waals surface area contributed by atoms with Gasteiger partial charge in [0.2, 0.25) is 0 Å². The van der Waals surface area contributed by atoms with Gasteiger partial charge in [-0.2, -0.15) is 13.2 Å². The molecule has 5 heteroatoms. The summed E-state index contributed by atoms with van der Waals surface area (Å²) < 4.78 is 42.1. The molecule has 0 heterocycles. The summed E-state index contributed by atoms with van der Waals surface area (Å²) in [5.74, 6) is 0.347. The second-order valence-electron chi connectivity index (χ2n) is 3.72. The fourth-order valence-electron chi connectivity index (χ4n) is 1.30. The molecule has 0 aliphatic heterocycles. The van der Waals surface area contributed by atoms with Crippen LogP contribution < -0.4 is 4.74 Å². The first-order chi connectivity index (χ1) is 7.95. The van der Waals surface area contributed by atoms with Gasteiger partial charge in [-0.05, 0) is 24.1 Å². The van der Waals surface area contributed by atoms with E-state index in [-0.39, 0.29) is 5.56 Å². The van der Waals surface area contributed by atoms with Gasteiger partial charge in [0.05, 0.1) is 6.61 Å². The van der Waals surface area contributed by atoms with Crippen molar-refractivity contribution >= 4 is 0 Å². The molecule has 17 heavy (non-hydrogen) atoms. The van der Waals surface area contributed by atoms with Crippen molar-refractivity contribution in [2.75, 3.05) is 6.61 Å². The largest absolute Gasteiger partial charge is 0.494 e. The maximum absolute atomic E-state index is 12.3. The van der Waals surface area contributed by atoms with Gasteiger partial charge in [0, 0.05) is 0 Å². The molecule has 0 fully saturated rings. The van der Waals surface area contributed by atoms with Crippen molar-refractivity contribution in [2.45, 2.75) is 32.0 Å². The highest BCUT2D eigenvalue weighted by atomic mass is 19.4. The first kappa shape index (κ1) is 13.8. The molecule has 0 amide bonds. The lowest BCUT2D eigenvalue weighted by Gasteiger charge is -2.15. The summed E-state index contributed by atoms with van der Waals surface area (Å²) in [5, 5.41) is 9.07. The molecule has 0 saturated carbocycles. The van der Waals surface area contributed by atoms with E-state index >= 15 is 0 Å². The highest BCUT2D eigenvalue weighted by molar-refractivity contribution is 5.30. The SMILES string of the molecule is CCCCOc1cccc(C(O)C(F)(F)F)c1. The minimum Gasteiger partial charge on any atom is -0.494 e. The van der Waals surface area contributed by atoms with Gasteiger partial charge in [0.1, 0.15) is 5.75 Å². The molecule has 2 nitrogen and oxygen atoms in total. The van der Waals surface area contributed by atoms with E-state index < -0.39 is 12.3 Å². The molecule has 0 aliphatic rings. The van der Waals surface area contributed by atoms with Gasteiger partial charge in [0.25, 0.3) is 0 Å². The number of aliphatic hydroxyl groups excluding tert-OH is 1. The first-order valence-electron chi connectivity index (χ1n) is 5.42. The molecular formula is C12H15F3O2. The zero-order valence-corrected chi connectivity index (χ0v) is 9.50. The number of aliphatic hydroxyl groups is 1. The molecule has 0 aliphatic carbocycles. The topological polar surface area (TPSA) is 29.5 Å². The predicted molar refractivity (Wildman–Crippen MR) is 57.9 cm³/mol. The summed E-state index contributed by atoms with van der Waals surface area (Å²) in [5.41, 5.74) is -0.202. The number of benzene rings is 1. The highest BCUT2D eigenvalue weighted by Crippen LogP contribution is 2.33. The van der Waals surface area contributed by atoms with Crippen molar-refractivity contribution in [1.82, 2.24) is 0 Å².